The lowest BCUT2D eigenvalue weighted by atomic mass is 10.5. The van der Waals surface area contributed by atoms with Crippen molar-refractivity contribution in [3.05, 3.63) is 0 Å². The molecule has 0 radical (unpaired) electrons. The van der Waals surface area contributed by atoms with Gasteiger partial charge in [0.15, 0.2) is 0 Å². The van der Waals surface area contributed by atoms with Gasteiger partial charge in [0.1, 0.15) is 8.07 Å². The van der Waals surface area contributed by atoms with Crippen LogP contribution in [0.25, 0.3) is 0 Å². The van der Waals surface area contributed by atoms with Gasteiger partial charge >= 0.3 is 0 Å². The smallest absolute Gasteiger partial charge is 0.129 e. The Labute approximate surface area is 79.8 Å². The minimum atomic E-state index is -1.10. The Morgan fingerprint density at radius 3 is 1.75 bits per heavy atom. The van der Waals surface area contributed by atoms with E-state index in [0.29, 0.717) is 0 Å². The van der Waals surface area contributed by atoms with Gasteiger partial charge in [0, 0.05) is 14.5 Å². The third kappa shape index (κ3) is 9.99. The number of hydrogen-bond acceptors (Lipinski definition) is 0. The van der Waals surface area contributed by atoms with E-state index in [0.717, 1.165) is 6.42 Å². The molecule has 0 nitrogen and oxygen atoms in total. The van der Waals surface area contributed by atoms with Crippen molar-refractivity contribution < 1.29 is 0 Å². The molecular formula is C10H22Si2. The van der Waals surface area contributed by atoms with E-state index < -0.39 is 16.1 Å². The topological polar surface area (TPSA) is 0 Å². The van der Waals surface area contributed by atoms with Crippen molar-refractivity contribution in [2.45, 2.75) is 51.7 Å². The molecule has 0 rings (SSSR count). The van der Waals surface area contributed by atoms with Gasteiger partial charge in [-0.2, -0.15) is 0 Å². The molecule has 2 heteroatoms. The molecule has 0 aliphatic rings. The summed E-state index contributed by atoms with van der Waals surface area (Å²) in [4.78, 5) is 0. The second-order valence-electron chi connectivity index (χ2n) is 5.61. The summed E-state index contributed by atoms with van der Waals surface area (Å²) in [6.45, 7) is 14.1. The van der Waals surface area contributed by atoms with Crippen LogP contribution < -0.4 is 0 Å². The summed E-state index contributed by atoms with van der Waals surface area (Å²) in [6.07, 6.45) is 1.12. The van der Waals surface area contributed by atoms with Crippen LogP contribution in [0.15, 0.2) is 0 Å². The van der Waals surface area contributed by atoms with Gasteiger partial charge in [0.05, 0.1) is 0 Å². The van der Waals surface area contributed by atoms with Crippen LogP contribution in [0.4, 0.5) is 0 Å². The second-order valence-corrected chi connectivity index (χ2v) is 16.0. The van der Waals surface area contributed by atoms with Crippen LogP contribution in [-0.2, 0) is 0 Å². The minimum Gasteiger partial charge on any atom is -0.132 e. The maximum absolute atomic E-state index is 3.41. The standard InChI is InChI=1S/C10H22Si2/c1-11(2,3)9-7-8-10-12(4,5)6/h7,9H2,1-6H3. The fourth-order valence-electron chi connectivity index (χ4n) is 0.765. The van der Waals surface area contributed by atoms with Crippen molar-refractivity contribution in [2.24, 2.45) is 0 Å². The number of rotatable bonds is 2. The first kappa shape index (κ1) is 12.0. The average Bonchev–Trinajstić information content (AvgIpc) is 1.76. The molecule has 0 heterocycles. The molecule has 0 unspecified atom stereocenters. The van der Waals surface area contributed by atoms with Crippen molar-refractivity contribution in [1.29, 1.82) is 0 Å². The lowest BCUT2D eigenvalue weighted by Crippen LogP contribution is -2.19. The third-order valence-electron chi connectivity index (χ3n) is 1.46. The van der Waals surface area contributed by atoms with Gasteiger partial charge in [0.2, 0.25) is 0 Å². The largest absolute Gasteiger partial charge is 0.132 e. The summed E-state index contributed by atoms with van der Waals surface area (Å²) in [5.41, 5.74) is 3.41. The highest BCUT2D eigenvalue weighted by atomic mass is 28.3. The zero-order chi connectivity index (χ0) is 9.83. The van der Waals surface area contributed by atoms with Gasteiger partial charge in [-0.3, -0.25) is 0 Å². The van der Waals surface area contributed by atoms with E-state index in [2.05, 4.69) is 50.7 Å². The summed E-state index contributed by atoms with van der Waals surface area (Å²) in [5.74, 6) is 3.33. The highest BCUT2D eigenvalue weighted by Crippen LogP contribution is 2.10. The quantitative estimate of drug-likeness (QED) is 0.470. The zero-order valence-electron chi connectivity index (χ0n) is 9.41. The molecule has 0 amide bonds. The predicted octanol–water partition coefficient (Wildman–Crippen LogP) is 3.60. The maximum Gasteiger partial charge on any atom is 0.129 e. The minimum absolute atomic E-state index is 0.841. The fraction of sp³-hybridized carbons (Fsp3) is 0.800. The first-order chi connectivity index (χ1) is 5.21. The van der Waals surface area contributed by atoms with Gasteiger partial charge in [-0.15, -0.1) is 11.5 Å². The van der Waals surface area contributed by atoms with Gasteiger partial charge in [0.25, 0.3) is 0 Å². The summed E-state index contributed by atoms with van der Waals surface area (Å²) < 4.78 is 0. The molecule has 0 aromatic carbocycles. The monoisotopic (exact) mass is 198 g/mol. The summed E-state index contributed by atoms with van der Waals surface area (Å²) in [6, 6.07) is 1.35. The third-order valence-corrected chi connectivity index (χ3v) is 4.14. The SMILES string of the molecule is C[Si](C)(C)C#CCC[Si](C)(C)C. The van der Waals surface area contributed by atoms with Crippen molar-refractivity contribution in [3.8, 4) is 11.5 Å². The first-order valence-electron chi connectivity index (χ1n) is 4.71. The molecule has 70 valence electrons. The van der Waals surface area contributed by atoms with Crippen LogP contribution in [-0.4, -0.2) is 16.1 Å². The lowest BCUT2D eigenvalue weighted by molar-refractivity contribution is 1.20. The highest BCUT2D eigenvalue weighted by Gasteiger charge is 2.11. The Kier molecular flexibility index (Phi) is 4.29. The van der Waals surface area contributed by atoms with Crippen LogP contribution >= 0.6 is 0 Å². The maximum atomic E-state index is 3.41. The molecule has 12 heavy (non-hydrogen) atoms. The van der Waals surface area contributed by atoms with Crippen molar-refractivity contribution in [2.75, 3.05) is 0 Å². The van der Waals surface area contributed by atoms with Crippen molar-refractivity contribution >= 4 is 16.1 Å². The molecule has 0 aromatic rings. The van der Waals surface area contributed by atoms with Crippen molar-refractivity contribution in [3.63, 3.8) is 0 Å². The molecule has 0 fully saturated rings. The predicted molar refractivity (Wildman–Crippen MR) is 63.9 cm³/mol. The highest BCUT2D eigenvalue weighted by molar-refractivity contribution is 6.83. The molecule has 0 spiro atoms. The van der Waals surface area contributed by atoms with Crippen LogP contribution in [0, 0.1) is 11.5 Å². The molecule has 0 aromatic heterocycles. The molecule has 0 bridgehead atoms. The van der Waals surface area contributed by atoms with Crippen LogP contribution in [0.3, 0.4) is 0 Å². The second kappa shape index (κ2) is 4.29. The summed E-state index contributed by atoms with van der Waals surface area (Å²) in [5, 5.41) is 0. The molecule has 0 N–H and O–H groups in total. The normalized spacial score (nSPS) is 12.2. The van der Waals surface area contributed by atoms with E-state index in [1.165, 1.54) is 6.04 Å². The van der Waals surface area contributed by atoms with Gasteiger partial charge < -0.3 is 0 Å². The average molecular weight is 198 g/mol. The zero-order valence-corrected chi connectivity index (χ0v) is 11.4. The molecule has 0 saturated heterocycles. The van der Waals surface area contributed by atoms with Crippen LogP contribution in [0.1, 0.15) is 6.42 Å². The van der Waals surface area contributed by atoms with Gasteiger partial charge in [-0.1, -0.05) is 39.3 Å². The Morgan fingerprint density at radius 2 is 1.42 bits per heavy atom. The van der Waals surface area contributed by atoms with E-state index >= 15 is 0 Å². The molecule has 0 aliphatic carbocycles. The van der Waals surface area contributed by atoms with E-state index in [1.54, 1.807) is 0 Å². The Hall–Kier alpha value is -0.00623. The fourth-order valence-corrected chi connectivity index (χ4v) is 2.30. The molecule has 0 saturated carbocycles. The summed E-state index contributed by atoms with van der Waals surface area (Å²) in [7, 11) is -1.94. The van der Waals surface area contributed by atoms with E-state index in [1.807, 2.05) is 0 Å². The summed E-state index contributed by atoms with van der Waals surface area (Å²) >= 11 is 0. The van der Waals surface area contributed by atoms with Gasteiger partial charge in [-0.25, -0.2) is 0 Å². The van der Waals surface area contributed by atoms with E-state index in [-0.39, 0.29) is 0 Å². The Morgan fingerprint density at radius 1 is 0.917 bits per heavy atom. The van der Waals surface area contributed by atoms with Crippen LogP contribution in [0.2, 0.25) is 45.3 Å². The van der Waals surface area contributed by atoms with E-state index in [9.17, 15) is 0 Å². The molecular weight excluding hydrogens is 176 g/mol. The molecule has 0 atom stereocenters. The van der Waals surface area contributed by atoms with Gasteiger partial charge in [-0.05, 0) is 6.04 Å². The van der Waals surface area contributed by atoms with Crippen LogP contribution in [0.5, 0.6) is 0 Å². The number of hydrogen-bond donors (Lipinski definition) is 0. The first-order valence-corrected chi connectivity index (χ1v) is 11.9. The Balaban J connectivity index is 3.75. The van der Waals surface area contributed by atoms with Crippen molar-refractivity contribution in [1.82, 2.24) is 0 Å². The lowest BCUT2D eigenvalue weighted by Gasteiger charge is -2.12. The Bertz CT molecular complexity index is 183. The molecule has 0 aliphatic heterocycles. The van der Waals surface area contributed by atoms with E-state index in [4.69, 9.17) is 0 Å².